The Morgan fingerprint density at radius 2 is 2.00 bits per heavy atom. The summed E-state index contributed by atoms with van der Waals surface area (Å²) in [6.45, 7) is 4.02. The second-order valence-corrected chi connectivity index (χ2v) is 6.82. The van der Waals surface area contributed by atoms with Crippen LogP contribution in [0.5, 0.6) is 11.5 Å². The van der Waals surface area contributed by atoms with Gasteiger partial charge in [-0.1, -0.05) is 6.07 Å². The first-order chi connectivity index (χ1) is 13.2. The van der Waals surface area contributed by atoms with Gasteiger partial charge in [0.15, 0.2) is 17.5 Å². The summed E-state index contributed by atoms with van der Waals surface area (Å²) in [5, 5.41) is 3.47. The van der Waals surface area contributed by atoms with Crippen LogP contribution in [0.25, 0.3) is 0 Å². The Bertz CT molecular complexity index is 632. The molecule has 2 atom stereocenters. The molecule has 0 amide bonds. The number of morpholine rings is 1. The summed E-state index contributed by atoms with van der Waals surface area (Å²) < 4.78 is 22.4. The zero-order valence-electron chi connectivity index (χ0n) is 16.6. The van der Waals surface area contributed by atoms with Crippen molar-refractivity contribution in [1.82, 2.24) is 10.2 Å². The normalized spacial score (nSPS) is 23.4. The maximum absolute atomic E-state index is 5.93. The first-order valence-corrected chi connectivity index (χ1v) is 9.65. The Hall–Kier alpha value is -1.99. The Kier molecular flexibility index (Phi) is 7.18. The van der Waals surface area contributed by atoms with Crippen molar-refractivity contribution in [3.05, 3.63) is 23.8 Å². The van der Waals surface area contributed by atoms with Gasteiger partial charge < -0.3 is 29.2 Å². The quantitative estimate of drug-likeness (QED) is 0.601. The lowest BCUT2D eigenvalue weighted by atomic mass is 10.1. The summed E-state index contributed by atoms with van der Waals surface area (Å²) in [7, 11) is 5.13. The number of hydrogen-bond acceptors (Lipinski definition) is 5. The number of ether oxygens (including phenoxy) is 4. The molecular weight excluding hydrogens is 346 g/mol. The van der Waals surface area contributed by atoms with E-state index in [1.807, 2.05) is 19.2 Å². The van der Waals surface area contributed by atoms with Crippen LogP contribution < -0.4 is 14.8 Å². The van der Waals surface area contributed by atoms with Crippen LogP contribution in [0, 0.1) is 0 Å². The minimum Gasteiger partial charge on any atom is -0.493 e. The second-order valence-electron chi connectivity index (χ2n) is 6.82. The van der Waals surface area contributed by atoms with Crippen LogP contribution in [-0.4, -0.2) is 77.2 Å². The van der Waals surface area contributed by atoms with Crippen molar-refractivity contribution in [3.63, 3.8) is 0 Å². The van der Waals surface area contributed by atoms with Crippen molar-refractivity contribution in [2.24, 2.45) is 4.99 Å². The predicted octanol–water partition coefficient (Wildman–Crippen LogP) is 1.70. The van der Waals surface area contributed by atoms with E-state index in [0.29, 0.717) is 6.61 Å². The fourth-order valence-corrected chi connectivity index (χ4v) is 3.68. The van der Waals surface area contributed by atoms with E-state index in [-0.39, 0.29) is 12.2 Å². The number of rotatable bonds is 6. The summed E-state index contributed by atoms with van der Waals surface area (Å²) in [4.78, 5) is 6.72. The Labute approximate surface area is 161 Å². The number of nitrogens with zero attached hydrogens (tertiary/aromatic N) is 2. The number of methoxy groups -OCH3 is 2. The van der Waals surface area contributed by atoms with E-state index in [2.05, 4.69) is 21.3 Å². The highest BCUT2D eigenvalue weighted by Gasteiger charge is 2.32. The number of benzene rings is 1. The average Bonchev–Trinajstić information content (AvgIpc) is 3.26. The van der Waals surface area contributed by atoms with Crippen LogP contribution >= 0.6 is 0 Å². The van der Waals surface area contributed by atoms with Gasteiger partial charge in [-0.15, -0.1) is 0 Å². The molecule has 2 unspecified atom stereocenters. The molecule has 150 valence electrons. The van der Waals surface area contributed by atoms with Gasteiger partial charge >= 0.3 is 0 Å². The molecule has 0 spiro atoms. The standard InChI is InChI=1S/C20H31N3O4/c1-21-20(23-10-12-27-19(14-23)17-5-4-11-26-17)22-9-8-15-6-7-16(24-2)18(13-15)25-3/h6-7,13,17,19H,4-5,8-12,14H2,1-3H3,(H,21,22). The summed E-state index contributed by atoms with van der Waals surface area (Å²) in [6, 6.07) is 6.02. The van der Waals surface area contributed by atoms with Crippen LogP contribution in [-0.2, 0) is 15.9 Å². The molecule has 2 heterocycles. The monoisotopic (exact) mass is 377 g/mol. The fraction of sp³-hybridized carbons (Fsp3) is 0.650. The van der Waals surface area contributed by atoms with Gasteiger partial charge in [-0.25, -0.2) is 0 Å². The third kappa shape index (κ3) is 5.05. The summed E-state index contributed by atoms with van der Waals surface area (Å²) in [5.41, 5.74) is 1.19. The minimum absolute atomic E-state index is 0.130. The highest BCUT2D eigenvalue weighted by atomic mass is 16.5. The molecule has 1 aromatic carbocycles. The molecule has 1 aromatic rings. The van der Waals surface area contributed by atoms with E-state index >= 15 is 0 Å². The van der Waals surface area contributed by atoms with Crippen LogP contribution in [0.2, 0.25) is 0 Å². The molecule has 2 aliphatic heterocycles. The van der Waals surface area contributed by atoms with Gasteiger partial charge in [0.2, 0.25) is 0 Å². The highest BCUT2D eigenvalue weighted by Crippen LogP contribution is 2.27. The third-order valence-corrected chi connectivity index (χ3v) is 5.13. The summed E-state index contributed by atoms with van der Waals surface area (Å²) in [6.07, 6.45) is 3.44. The zero-order valence-corrected chi connectivity index (χ0v) is 16.6. The van der Waals surface area contributed by atoms with Gasteiger partial charge in [0, 0.05) is 33.3 Å². The molecule has 0 aliphatic carbocycles. The van der Waals surface area contributed by atoms with Gasteiger partial charge in [-0.2, -0.15) is 0 Å². The number of hydrogen-bond donors (Lipinski definition) is 1. The van der Waals surface area contributed by atoms with E-state index in [1.165, 1.54) is 5.56 Å². The number of nitrogens with one attached hydrogen (secondary N) is 1. The molecule has 0 aromatic heterocycles. The summed E-state index contributed by atoms with van der Waals surface area (Å²) >= 11 is 0. The fourth-order valence-electron chi connectivity index (χ4n) is 3.68. The molecule has 3 rings (SSSR count). The molecule has 2 aliphatic rings. The topological polar surface area (TPSA) is 64.6 Å². The Morgan fingerprint density at radius 1 is 1.19 bits per heavy atom. The van der Waals surface area contributed by atoms with Gasteiger partial charge in [0.1, 0.15) is 6.10 Å². The first kappa shape index (κ1) is 19.8. The smallest absolute Gasteiger partial charge is 0.193 e. The van der Waals surface area contributed by atoms with Gasteiger partial charge in [-0.05, 0) is 37.0 Å². The van der Waals surface area contributed by atoms with Crippen molar-refractivity contribution in [3.8, 4) is 11.5 Å². The third-order valence-electron chi connectivity index (χ3n) is 5.13. The SMILES string of the molecule is CN=C(NCCc1ccc(OC)c(OC)c1)N1CCOC(C2CCCO2)C1. The summed E-state index contributed by atoms with van der Waals surface area (Å²) in [5.74, 6) is 2.42. The molecule has 7 nitrogen and oxygen atoms in total. The molecule has 2 fully saturated rings. The van der Waals surface area contributed by atoms with Crippen LogP contribution in [0.15, 0.2) is 23.2 Å². The molecule has 0 saturated carbocycles. The van der Waals surface area contributed by atoms with E-state index < -0.39 is 0 Å². The first-order valence-electron chi connectivity index (χ1n) is 9.65. The average molecular weight is 377 g/mol. The Morgan fingerprint density at radius 3 is 2.70 bits per heavy atom. The van der Waals surface area contributed by atoms with Crippen LogP contribution in [0.4, 0.5) is 0 Å². The molecule has 1 N–H and O–H groups in total. The maximum Gasteiger partial charge on any atom is 0.193 e. The lowest BCUT2D eigenvalue weighted by Crippen LogP contribution is -2.53. The highest BCUT2D eigenvalue weighted by molar-refractivity contribution is 5.80. The van der Waals surface area contributed by atoms with Crippen LogP contribution in [0.3, 0.4) is 0 Å². The van der Waals surface area contributed by atoms with E-state index in [9.17, 15) is 0 Å². The van der Waals surface area contributed by atoms with Crippen molar-refractivity contribution >= 4 is 5.96 Å². The molecule has 2 saturated heterocycles. The molecule has 27 heavy (non-hydrogen) atoms. The van der Waals surface area contributed by atoms with Gasteiger partial charge in [-0.3, -0.25) is 4.99 Å². The maximum atomic E-state index is 5.93. The molecule has 0 bridgehead atoms. The van der Waals surface area contributed by atoms with Crippen molar-refractivity contribution < 1.29 is 18.9 Å². The van der Waals surface area contributed by atoms with Gasteiger partial charge in [0.25, 0.3) is 0 Å². The molecular formula is C20H31N3O4. The van der Waals surface area contributed by atoms with Gasteiger partial charge in [0.05, 0.1) is 26.9 Å². The van der Waals surface area contributed by atoms with E-state index in [1.54, 1.807) is 14.2 Å². The van der Waals surface area contributed by atoms with E-state index in [0.717, 1.165) is 63.0 Å². The molecule has 7 heteroatoms. The molecule has 0 radical (unpaired) electrons. The lowest BCUT2D eigenvalue weighted by Gasteiger charge is -2.37. The zero-order chi connectivity index (χ0) is 19.1. The number of aliphatic imine (C=N–C) groups is 1. The van der Waals surface area contributed by atoms with Crippen molar-refractivity contribution in [2.75, 3.05) is 54.1 Å². The van der Waals surface area contributed by atoms with Crippen molar-refractivity contribution in [1.29, 1.82) is 0 Å². The Balaban J connectivity index is 1.51. The van der Waals surface area contributed by atoms with Crippen LogP contribution in [0.1, 0.15) is 18.4 Å². The lowest BCUT2D eigenvalue weighted by molar-refractivity contribution is -0.0816. The largest absolute Gasteiger partial charge is 0.493 e. The van der Waals surface area contributed by atoms with Crippen molar-refractivity contribution in [2.45, 2.75) is 31.5 Å². The number of guanidine groups is 1. The minimum atomic E-state index is 0.130. The van der Waals surface area contributed by atoms with E-state index in [4.69, 9.17) is 18.9 Å². The second kappa shape index (κ2) is 9.80. The predicted molar refractivity (Wildman–Crippen MR) is 105 cm³/mol.